The Hall–Kier alpha value is -0.750. The van der Waals surface area contributed by atoms with Gasteiger partial charge in [-0.05, 0) is 0 Å². The average Bonchev–Trinajstić information content (AvgIpc) is 2.62. The van der Waals surface area contributed by atoms with Gasteiger partial charge in [-0.25, -0.2) is 0 Å². The minimum Gasteiger partial charge on any atom is -0.378 e. The van der Waals surface area contributed by atoms with E-state index in [4.69, 9.17) is 4.74 Å². The highest BCUT2D eigenvalue weighted by Crippen LogP contribution is 2.24. The molecule has 2 saturated heterocycles. The molecule has 1 atom stereocenters. The molecule has 0 aromatic rings. The second-order valence-electron chi connectivity index (χ2n) is 6.13. The summed E-state index contributed by atoms with van der Waals surface area (Å²) in [4.78, 5) is 26.8. The van der Waals surface area contributed by atoms with E-state index in [1.54, 1.807) is 4.90 Å². The predicted molar refractivity (Wildman–Crippen MR) is 99.3 cm³/mol. The summed E-state index contributed by atoms with van der Waals surface area (Å²) in [5.74, 6) is -0.481. The van der Waals surface area contributed by atoms with Gasteiger partial charge < -0.3 is 20.3 Å². The molecule has 1 unspecified atom stereocenters. The van der Waals surface area contributed by atoms with Crippen LogP contribution in [0.15, 0.2) is 0 Å². The van der Waals surface area contributed by atoms with E-state index in [1.807, 2.05) is 0 Å². The molecule has 2 amide bonds. The Morgan fingerprint density at radius 1 is 1.11 bits per heavy atom. The number of hydrogen-bond acceptors (Lipinski definition) is 6. The number of ether oxygens (including phenoxy) is 1. The first-order valence-electron chi connectivity index (χ1n) is 8.59. The van der Waals surface area contributed by atoms with Crippen molar-refractivity contribution in [1.82, 2.24) is 20.4 Å². The number of alkyl halides is 3. The van der Waals surface area contributed by atoms with Crippen LogP contribution in [0.1, 0.15) is 0 Å². The number of thioether (sulfide) groups is 1. The number of amides is 2. The standard InChI is InChI=1S/C15H25F3N4O3S.ClH/c16-15(17,18)12(21-3-1-19-2-4-21)9-20-13(23)10-26-11-14(24)22-5-7-25-8-6-22;/h12,19H,1-11H2,(H,20,23);1H. The molecule has 0 radical (unpaired) electrons. The summed E-state index contributed by atoms with van der Waals surface area (Å²) < 4.78 is 44.9. The van der Waals surface area contributed by atoms with Gasteiger partial charge in [0, 0.05) is 45.8 Å². The van der Waals surface area contributed by atoms with E-state index < -0.39 is 24.7 Å². The van der Waals surface area contributed by atoms with Crippen LogP contribution in [0.5, 0.6) is 0 Å². The van der Waals surface area contributed by atoms with E-state index in [0.717, 1.165) is 11.8 Å². The fraction of sp³-hybridized carbons (Fsp3) is 0.867. The quantitative estimate of drug-likeness (QED) is 0.585. The molecule has 0 aromatic carbocycles. The molecule has 0 bridgehead atoms. The van der Waals surface area contributed by atoms with Crippen molar-refractivity contribution in [2.24, 2.45) is 0 Å². The van der Waals surface area contributed by atoms with Gasteiger partial charge in [0.15, 0.2) is 0 Å². The van der Waals surface area contributed by atoms with Crippen molar-refractivity contribution >= 4 is 36.0 Å². The van der Waals surface area contributed by atoms with Gasteiger partial charge in [0.2, 0.25) is 11.8 Å². The molecule has 27 heavy (non-hydrogen) atoms. The second kappa shape index (κ2) is 11.9. The number of carbonyl (C=O) groups is 2. The molecule has 0 aromatic heterocycles. The number of carbonyl (C=O) groups excluding carboxylic acids is 2. The van der Waals surface area contributed by atoms with Gasteiger partial charge in [-0.15, -0.1) is 24.2 Å². The maximum atomic E-state index is 13.2. The molecule has 12 heteroatoms. The van der Waals surface area contributed by atoms with Crippen LogP contribution in [0.25, 0.3) is 0 Å². The van der Waals surface area contributed by atoms with Gasteiger partial charge >= 0.3 is 6.18 Å². The molecule has 2 heterocycles. The number of nitrogens with one attached hydrogen (secondary N) is 2. The third-order valence-corrected chi connectivity index (χ3v) is 5.20. The largest absolute Gasteiger partial charge is 0.405 e. The first-order chi connectivity index (χ1) is 12.4. The van der Waals surface area contributed by atoms with Crippen molar-refractivity contribution in [1.29, 1.82) is 0 Å². The molecule has 0 saturated carbocycles. The van der Waals surface area contributed by atoms with Crippen LogP contribution in [0.4, 0.5) is 13.2 Å². The highest BCUT2D eigenvalue weighted by atomic mass is 35.5. The number of halogens is 4. The lowest BCUT2D eigenvalue weighted by molar-refractivity contribution is -0.183. The normalized spacial score (nSPS) is 19.9. The zero-order chi connectivity index (χ0) is 19.0. The van der Waals surface area contributed by atoms with Crippen molar-refractivity contribution in [2.45, 2.75) is 12.2 Å². The molecule has 7 nitrogen and oxygen atoms in total. The summed E-state index contributed by atoms with van der Waals surface area (Å²) in [6.07, 6.45) is -4.40. The maximum Gasteiger partial charge on any atom is 0.405 e. The lowest BCUT2D eigenvalue weighted by atomic mass is 10.2. The van der Waals surface area contributed by atoms with Crippen LogP contribution in [0, 0.1) is 0 Å². The number of rotatable bonds is 7. The third kappa shape index (κ3) is 8.43. The van der Waals surface area contributed by atoms with Gasteiger partial charge in [0.1, 0.15) is 6.04 Å². The van der Waals surface area contributed by atoms with E-state index in [2.05, 4.69) is 10.6 Å². The molecule has 2 aliphatic heterocycles. The molecule has 2 rings (SSSR count). The van der Waals surface area contributed by atoms with Gasteiger partial charge in [-0.1, -0.05) is 0 Å². The topological polar surface area (TPSA) is 73.9 Å². The summed E-state index contributed by atoms with van der Waals surface area (Å²) in [6.45, 7) is 3.18. The molecule has 2 N–H and O–H groups in total. The van der Waals surface area contributed by atoms with Crippen LogP contribution >= 0.6 is 24.2 Å². The highest BCUT2D eigenvalue weighted by molar-refractivity contribution is 8.00. The Labute approximate surface area is 167 Å². The zero-order valence-corrected chi connectivity index (χ0v) is 16.6. The van der Waals surface area contributed by atoms with E-state index in [-0.39, 0.29) is 29.8 Å². The monoisotopic (exact) mass is 434 g/mol. The summed E-state index contributed by atoms with van der Waals surface area (Å²) in [6, 6.07) is -1.69. The predicted octanol–water partition coefficient (Wildman–Crippen LogP) is -0.0475. The van der Waals surface area contributed by atoms with Crippen LogP contribution in [-0.2, 0) is 14.3 Å². The number of hydrogen-bond donors (Lipinski definition) is 2. The summed E-state index contributed by atoms with van der Waals surface area (Å²) in [7, 11) is 0. The minimum atomic E-state index is -4.40. The summed E-state index contributed by atoms with van der Waals surface area (Å²) in [5, 5.41) is 5.36. The zero-order valence-electron chi connectivity index (χ0n) is 14.9. The maximum absolute atomic E-state index is 13.2. The fourth-order valence-corrected chi connectivity index (χ4v) is 3.59. The average molecular weight is 435 g/mol. The lowest BCUT2D eigenvalue weighted by Crippen LogP contribution is -2.57. The summed E-state index contributed by atoms with van der Waals surface area (Å²) >= 11 is 1.11. The number of morpholine rings is 1. The highest BCUT2D eigenvalue weighted by Gasteiger charge is 2.43. The third-order valence-electron chi connectivity index (χ3n) is 4.29. The van der Waals surface area contributed by atoms with Gasteiger partial charge in [-0.2, -0.15) is 13.2 Å². The Kier molecular flexibility index (Phi) is 10.7. The lowest BCUT2D eigenvalue weighted by Gasteiger charge is -2.35. The Balaban J connectivity index is 0.00000364. The van der Waals surface area contributed by atoms with Gasteiger partial charge in [0.05, 0.1) is 24.7 Å². The van der Waals surface area contributed by atoms with E-state index in [0.29, 0.717) is 52.5 Å². The van der Waals surface area contributed by atoms with Gasteiger partial charge in [0.25, 0.3) is 0 Å². The van der Waals surface area contributed by atoms with Gasteiger partial charge in [-0.3, -0.25) is 14.5 Å². The smallest absolute Gasteiger partial charge is 0.378 e. The first kappa shape index (κ1) is 24.3. The SMILES string of the molecule is Cl.O=C(CSCC(=O)N1CCOCC1)NCC(N1CCNCC1)C(F)(F)F. The second-order valence-corrected chi connectivity index (χ2v) is 7.12. The van der Waals surface area contributed by atoms with Crippen LogP contribution < -0.4 is 10.6 Å². The summed E-state index contributed by atoms with van der Waals surface area (Å²) in [5.41, 5.74) is 0. The molecule has 158 valence electrons. The van der Waals surface area contributed by atoms with Crippen molar-refractivity contribution in [2.75, 3.05) is 70.5 Å². The van der Waals surface area contributed by atoms with E-state index in [9.17, 15) is 22.8 Å². The minimum absolute atomic E-state index is 0. The van der Waals surface area contributed by atoms with Crippen LogP contribution in [-0.4, -0.2) is 104 Å². The molecule has 0 spiro atoms. The molecule has 2 aliphatic rings. The Morgan fingerprint density at radius 2 is 1.74 bits per heavy atom. The van der Waals surface area contributed by atoms with Crippen molar-refractivity contribution in [3.63, 3.8) is 0 Å². The number of piperazine rings is 1. The molecular formula is C15H26ClF3N4O3S. The van der Waals surface area contributed by atoms with Crippen molar-refractivity contribution in [3.05, 3.63) is 0 Å². The van der Waals surface area contributed by atoms with Crippen LogP contribution in [0.2, 0.25) is 0 Å². The molecular weight excluding hydrogens is 409 g/mol. The van der Waals surface area contributed by atoms with Crippen LogP contribution in [0.3, 0.4) is 0 Å². The Bertz CT molecular complexity index is 476. The fourth-order valence-electron chi connectivity index (χ4n) is 2.84. The number of nitrogens with zero attached hydrogens (tertiary/aromatic N) is 2. The van der Waals surface area contributed by atoms with E-state index in [1.165, 1.54) is 4.90 Å². The molecule has 0 aliphatic carbocycles. The Morgan fingerprint density at radius 3 is 2.33 bits per heavy atom. The first-order valence-corrected chi connectivity index (χ1v) is 9.75. The van der Waals surface area contributed by atoms with Crippen molar-refractivity contribution in [3.8, 4) is 0 Å². The molecule has 2 fully saturated rings. The van der Waals surface area contributed by atoms with Crippen molar-refractivity contribution < 1.29 is 27.5 Å². The van der Waals surface area contributed by atoms with E-state index >= 15 is 0 Å².